The second-order valence-electron chi connectivity index (χ2n) is 9.29. The van der Waals surface area contributed by atoms with Crippen molar-refractivity contribution in [1.82, 2.24) is 19.6 Å². The highest BCUT2D eigenvalue weighted by molar-refractivity contribution is 5.80. The zero-order valence-electron chi connectivity index (χ0n) is 19.6. The molecule has 0 radical (unpaired) electrons. The minimum absolute atomic E-state index is 0.220. The van der Waals surface area contributed by atoms with Gasteiger partial charge in [-0.15, -0.1) is 0 Å². The molecule has 5 nitrogen and oxygen atoms in total. The number of carbonyl (C=O) groups excluding carboxylic acids is 1. The third-order valence-electron chi connectivity index (χ3n) is 6.27. The maximum atomic E-state index is 11.4. The molecule has 0 N–H and O–H groups in total. The summed E-state index contributed by atoms with van der Waals surface area (Å²) in [4.78, 5) is 20.3. The van der Waals surface area contributed by atoms with Crippen LogP contribution in [-0.2, 0) is 17.8 Å². The van der Waals surface area contributed by atoms with E-state index in [0.717, 1.165) is 12.5 Å². The van der Waals surface area contributed by atoms with E-state index in [-0.39, 0.29) is 5.91 Å². The topological polar surface area (TPSA) is 30.0 Å². The summed E-state index contributed by atoms with van der Waals surface area (Å²) in [7, 11) is 8.40. The normalized spacial score (nSPS) is 21.6. The smallest absolute Gasteiger partial charge is 0.227 e. The molecule has 5 heteroatoms. The van der Waals surface area contributed by atoms with Gasteiger partial charge in [-0.3, -0.25) is 4.79 Å². The average molecular weight is 403 g/mol. The molecule has 0 aromatic heterocycles. The van der Waals surface area contributed by atoms with Crippen LogP contribution in [0.15, 0.2) is 18.2 Å². The van der Waals surface area contributed by atoms with E-state index in [4.69, 9.17) is 0 Å². The van der Waals surface area contributed by atoms with Crippen molar-refractivity contribution in [3.05, 3.63) is 34.9 Å². The van der Waals surface area contributed by atoms with E-state index in [1.165, 1.54) is 68.8 Å². The Kier molecular flexibility index (Phi) is 9.60. The van der Waals surface area contributed by atoms with Gasteiger partial charge < -0.3 is 19.6 Å². The first-order valence-corrected chi connectivity index (χ1v) is 11.1. The van der Waals surface area contributed by atoms with Crippen LogP contribution in [0.5, 0.6) is 0 Å². The molecule has 0 saturated carbocycles. The SMILES string of the molecule is CC1CCN(C)CC1.CN1CCN(C)CC1.Cc1ccc2c(c1)CC(=O)N(C)C2. The number of benzene rings is 1. The van der Waals surface area contributed by atoms with Crippen molar-refractivity contribution in [3.8, 4) is 0 Å². The lowest BCUT2D eigenvalue weighted by Crippen LogP contribution is -2.42. The van der Waals surface area contributed by atoms with Crippen molar-refractivity contribution in [2.45, 2.75) is 39.7 Å². The van der Waals surface area contributed by atoms with E-state index < -0.39 is 0 Å². The Morgan fingerprint density at radius 1 is 0.793 bits per heavy atom. The second kappa shape index (κ2) is 11.7. The lowest BCUT2D eigenvalue weighted by molar-refractivity contribution is -0.130. The Morgan fingerprint density at radius 3 is 1.83 bits per heavy atom. The van der Waals surface area contributed by atoms with Crippen LogP contribution in [0, 0.1) is 12.8 Å². The highest BCUT2D eigenvalue weighted by atomic mass is 16.2. The molecule has 164 valence electrons. The van der Waals surface area contributed by atoms with Crippen molar-refractivity contribution >= 4 is 5.91 Å². The Bertz CT molecular complexity index is 592. The van der Waals surface area contributed by atoms with Gasteiger partial charge in [0.1, 0.15) is 0 Å². The third kappa shape index (κ3) is 8.45. The number of rotatable bonds is 0. The van der Waals surface area contributed by atoms with Crippen LogP contribution in [0.3, 0.4) is 0 Å². The largest absolute Gasteiger partial charge is 0.341 e. The van der Waals surface area contributed by atoms with Crippen molar-refractivity contribution in [3.63, 3.8) is 0 Å². The number of piperazine rings is 1. The van der Waals surface area contributed by atoms with Gasteiger partial charge in [-0.2, -0.15) is 0 Å². The minimum atomic E-state index is 0.220. The molecule has 29 heavy (non-hydrogen) atoms. The number of piperidine rings is 1. The minimum Gasteiger partial charge on any atom is -0.341 e. The summed E-state index contributed by atoms with van der Waals surface area (Å²) in [5.74, 6) is 1.20. The Hall–Kier alpha value is -1.43. The molecule has 3 aliphatic rings. The summed E-state index contributed by atoms with van der Waals surface area (Å²) in [6.45, 7) is 12.7. The number of nitrogens with zero attached hydrogens (tertiary/aromatic N) is 4. The third-order valence-corrected chi connectivity index (χ3v) is 6.27. The summed E-state index contributed by atoms with van der Waals surface area (Å²) in [5.41, 5.74) is 3.71. The van der Waals surface area contributed by atoms with Gasteiger partial charge in [0.2, 0.25) is 5.91 Å². The Labute approximate surface area is 178 Å². The Morgan fingerprint density at radius 2 is 1.31 bits per heavy atom. The van der Waals surface area contributed by atoms with Crippen LogP contribution in [0.2, 0.25) is 0 Å². The van der Waals surface area contributed by atoms with Crippen molar-refractivity contribution < 1.29 is 4.79 Å². The van der Waals surface area contributed by atoms with Gasteiger partial charge in [-0.1, -0.05) is 30.7 Å². The fourth-order valence-corrected chi connectivity index (χ4v) is 3.76. The summed E-state index contributed by atoms with van der Waals surface area (Å²) >= 11 is 0. The van der Waals surface area contributed by atoms with Crippen molar-refractivity contribution in [2.75, 3.05) is 67.5 Å². The summed E-state index contributed by atoms with van der Waals surface area (Å²) in [5, 5.41) is 0. The van der Waals surface area contributed by atoms with E-state index in [9.17, 15) is 4.79 Å². The van der Waals surface area contributed by atoms with Crippen LogP contribution in [0.25, 0.3) is 0 Å². The number of amides is 1. The zero-order valence-corrected chi connectivity index (χ0v) is 19.6. The standard InChI is InChI=1S/C11H13NO.C7H15N.C6H14N2/c1-8-3-4-9-7-12(2)11(13)6-10(9)5-8;2*1-7-3-5-8(2)6-4-7/h3-5H,6-7H2,1-2H3;7H,3-6H2,1-2H3;3-6H2,1-2H3. The predicted molar refractivity (Wildman–Crippen MR) is 122 cm³/mol. The average Bonchev–Trinajstić information content (AvgIpc) is 2.69. The molecular weight excluding hydrogens is 360 g/mol. The molecule has 2 fully saturated rings. The molecule has 0 spiro atoms. The fraction of sp³-hybridized carbons (Fsp3) is 0.708. The molecule has 1 amide bonds. The summed E-state index contributed by atoms with van der Waals surface area (Å²) < 4.78 is 0. The van der Waals surface area contributed by atoms with Gasteiger partial charge in [0.05, 0.1) is 6.42 Å². The molecule has 1 aromatic rings. The maximum Gasteiger partial charge on any atom is 0.227 e. The highest BCUT2D eigenvalue weighted by Gasteiger charge is 2.19. The first-order chi connectivity index (χ1) is 13.7. The van der Waals surface area contributed by atoms with Crippen molar-refractivity contribution in [2.24, 2.45) is 5.92 Å². The van der Waals surface area contributed by atoms with Crippen LogP contribution in [0.1, 0.15) is 36.5 Å². The molecule has 2 saturated heterocycles. The van der Waals surface area contributed by atoms with Gasteiger partial charge in [0.25, 0.3) is 0 Å². The molecule has 4 rings (SSSR count). The predicted octanol–water partition coefficient (Wildman–Crippen LogP) is 2.72. The highest BCUT2D eigenvalue weighted by Crippen LogP contribution is 2.19. The van der Waals surface area contributed by atoms with Gasteiger partial charge in [-0.05, 0) is 71.0 Å². The molecule has 0 atom stereocenters. The number of likely N-dealkylation sites (tertiary alicyclic amines) is 1. The lowest BCUT2D eigenvalue weighted by Gasteiger charge is -2.28. The van der Waals surface area contributed by atoms with E-state index >= 15 is 0 Å². The number of likely N-dealkylation sites (N-methyl/N-ethyl adjacent to an activating group) is 3. The number of carbonyl (C=O) groups is 1. The van der Waals surface area contributed by atoms with Gasteiger partial charge in [0, 0.05) is 39.8 Å². The molecule has 3 heterocycles. The number of hydrogen-bond donors (Lipinski definition) is 0. The summed E-state index contributed by atoms with van der Waals surface area (Å²) in [6, 6.07) is 6.33. The number of hydrogen-bond acceptors (Lipinski definition) is 4. The number of fused-ring (bicyclic) bond motifs is 1. The fourth-order valence-electron chi connectivity index (χ4n) is 3.76. The monoisotopic (exact) mass is 402 g/mol. The molecule has 3 aliphatic heterocycles. The van der Waals surface area contributed by atoms with Gasteiger partial charge in [0.15, 0.2) is 0 Å². The van der Waals surface area contributed by atoms with E-state index in [1.807, 2.05) is 7.05 Å². The van der Waals surface area contributed by atoms with Gasteiger partial charge >= 0.3 is 0 Å². The molecule has 1 aromatic carbocycles. The summed E-state index contributed by atoms with van der Waals surface area (Å²) in [6.07, 6.45) is 3.36. The van der Waals surface area contributed by atoms with E-state index in [1.54, 1.807) is 4.90 Å². The molecule has 0 bridgehead atoms. The quantitative estimate of drug-likeness (QED) is 0.667. The molecule has 0 aliphatic carbocycles. The maximum absolute atomic E-state index is 11.4. The zero-order chi connectivity index (χ0) is 21.4. The van der Waals surface area contributed by atoms with E-state index in [0.29, 0.717) is 6.42 Å². The van der Waals surface area contributed by atoms with Crippen LogP contribution < -0.4 is 0 Å². The Balaban J connectivity index is 0.000000164. The molecular formula is C24H42N4O. The second-order valence-corrected chi connectivity index (χ2v) is 9.29. The number of aryl methyl sites for hydroxylation is 1. The van der Waals surface area contributed by atoms with E-state index in [2.05, 4.69) is 67.9 Å². The first-order valence-electron chi connectivity index (χ1n) is 11.1. The van der Waals surface area contributed by atoms with Gasteiger partial charge in [-0.25, -0.2) is 0 Å². The van der Waals surface area contributed by atoms with Crippen LogP contribution >= 0.6 is 0 Å². The molecule has 0 unspecified atom stereocenters. The lowest BCUT2D eigenvalue weighted by atomic mass is 9.98. The van der Waals surface area contributed by atoms with Crippen LogP contribution in [0.4, 0.5) is 0 Å². The first kappa shape index (κ1) is 23.8. The van der Waals surface area contributed by atoms with Crippen LogP contribution in [-0.4, -0.2) is 93.0 Å². The van der Waals surface area contributed by atoms with Crippen molar-refractivity contribution in [1.29, 1.82) is 0 Å².